The van der Waals surface area contributed by atoms with Crippen molar-refractivity contribution in [2.24, 2.45) is 11.8 Å². The Morgan fingerprint density at radius 3 is 2.51 bits per heavy atom. The van der Waals surface area contributed by atoms with Crippen LogP contribution in [0, 0.1) is 25.7 Å². The molecule has 3 aliphatic heterocycles. The van der Waals surface area contributed by atoms with Crippen molar-refractivity contribution in [3.63, 3.8) is 0 Å². The van der Waals surface area contributed by atoms with Gasteiger partial charge in [0, 0.05) is 29.3 Å². The summed E-state index contributed by atoms with van der Waals surface area (Å²) < 4.78 is 4.40. The van der Waals surface area contributed by atoms with Crippen molar-refractivity contribution in [1.82, 2.24) is 4.90 Å². The molecule has 5 rings (SSSR count). The summed E-state index contributed by atoms with van der Waals surface area (Å²) >= 11 is 1.67. The van der Waals surface area contributed by atoms with Gasteiger partial charge in [-0.1, -0.05) is 12.1 Å². The third-order valence-electron chi connectivity index (χ3n) is 8.95. The normalized spacial score (nSPS) is 28.1. The van der Waals surface area contributed by atoms with Crippen LogP contribution in [0.3, 0.4) is 0 Å². The molecule has 8 nitrogen and oxygen atoms in total. The van der Waals surface area contributed by atoms with Crippen molar-refractivity contribution in [1.29, 1.82) is 0 Å². The molecule has 0 aliphatic carbocycles. The zero-order valence-electron chi connectivity index (χ0n) is 24.4. The molecule has 3 aliphatic rings. The Bertz CT molecular complexity index is 1320. The predicted octanol–water partition coefficient (Wildman–Crippen LogP) is 4.92. The highest BCUT2D eigenvalue weighted by Gasteiger charge is 2.77. The molecule has 3 amide bonds. The summed E-state index contributed by atoms with van der Waals surface area (Å²) in [6.07, 6.45) is 3.56. The van der Waals surface area contributed by atoms with E-state index in [1.165, 1.54) is 0 Å². The number of carbonyl (C=O) groups excluding carboxylic acids is 3. The number of hydrogen-bond acceptors (Lipinski definition) is 6. The molecular weight excluding hydrogens is 538 g/mol. The number of ether oxygens (including phenoxy) is 1. The maximum Gasteiger partial charge on any atom is 0.248 e. The number of thioether (sulfide) groups is 1. The van der Waals surface area contributed by atoms with Gasteiger partial charge < -0.3 is 25.4 Å². The van der Waals surface area contributed by atoms with Gasteiger partial charge >= 0.3 is 0 Å². The molecule has 220 valence electrons. The predicted molar refractivity (Wildman–Crippen MR) is 162 cm³/mol. The summed E-state index contributed by atoms with van der Waals surface area (Å²) in [5.74, 6) is -0.897. The molecule has 1 spiro atoms. The fourth-order valence-corrected chi connectivity index (χ4v) is 9.39. The molecule has 2 unspecified atom stereocenters. The number of anilines is 2. The van der Waals surface area contributed by atoms with Gasteiger partial charge in [0.05, 0.1) is 23.2 Å². The van der Waals surface area contributed by atoms with Crippen LogP contribution in [0.5, 0.6) is 5.75 Å². The van der Waals surface area contributed by atoms with E-state index < -0.39 is 27.4 Å². The molecule has 0 saturated carbocycles. The van der Waals surface area contributed by atoms with Gasteiger partial charge in [-0.2, -0.15) is 0 Å². The zero-order valence-corrected chi connectivity index (χ0v) is 25.2. The first-order chi connectivity index (χ1) is 19.6. The molecule has 41 heavy (non-hydrogen) atoms. The fourth-order valence-electron chi connectivity index (χ4n) is 7.03. The van der Waals surface area contributed by atoms with Crippen LogP contribution in [0.4, 0.5) is 11.4 Å². The number of benzene rings is 2. The number of aliphatic hydroxyl groups excluding tert-OH is 1. The molecule has 3 saturated heterocycles. The molecule has 2 aromatic rings. The van der Waals surface area contributed by atoms with E-state index in [4.69, 9.17) is 4.74 Å². The third-order valence-corrected chi connectivity index (χ3v) is 10.9. The van der Waals surface area contributed by atoms with Gasteiger partial charge in [0.2, 0.25) is 17.7 Å². The minimum absolute atomic E-state index is 0.0963. The van der Waals surface area contributed by atoms with Crippen molar-refractivity contribution < 1.29 is 24.2 Å². The van der Waals surface area contributed by atoms with E-state index in [0.717, 1.165) is 35.4 Å². The highest BCUT2D eigenvalue weighted by Crippen LogP contribution is 2.71. The van der Waals surface area contributed by atoms with Crippen LogP contribution in [0.2, 0.25) is 0 Å². The van der Waals surface area contributed by atoms with Gasteiger partial charge in [-0.3, -0.25) is 14.4 Å². The lowest BCUT2D eigenvalue weighted by molar-refractivity contribution is -0.139. The summed E-state index contributed by atoms with van der Waals surface area (Å²) in [4.78, 5) is 44.0. The Labute approximate surface area is 246 Å². The number of fused-ring (bicyclic) bond motifs is 1. The van der Waals surface area contributed by atoms with Crippen LogP contribution >= 0.6 is 11.8 Å². The highest BCUT2D eigenvalue weighted by molar-refractivity contribution is 8.02. The number of likely N-dealkylation sites (tertiary alicyclic amines) is 1. The van der Waals surface area contributed by atoms with Crippen LogP contribution in [-0.4, -0.2) is 63.0 Å². The van der Waals surface area contributed by atoms with E-state index in [0.29, 0.717) is 38.1 Å². The molecule has 5 atom stereocenters. The second-order valence-corrected chi connectivity index (χ2v) is 13.7. The third kappa shape index (κ3) is 5.34. The van der Waals surface area contributed by atoms with E-state index in [1.807, 2.05) is 63.2 Å². The summed E-state index contributed by atoms with van der Waals surface area (Å²) in [5.41, 5.74) is 3.40. The molecule has 3 fully saturated rings. The summed E-state index contributed by atoms with van der Waals surface area (Å²) in [5, 5.41) is 15.5. The van der Waals surface area contributed by atoms with Crippen LogP contribution in [0.15, 0.2) is 42.5 Å². The molecular formula is C32H41N3O5S. The second-order valence-electron chi connectivity index (χ2n) is 11.8. The summed E-state index contributed by atoms with van der Waals surface area (Å²) in [6, 6.07) is 12.5. The molecule has 3 N–H and O–H groups in total. The SMILES string of the molecule is CCOc1ccc(NC(=O)[C@H]2[C@H]3C(=O)N(CCCCCO)C(C(=O)Nc4cc(C)ccc4C)C34CC[C@]2(C)S4)cc1. The first-order valence-electron chi connectivity index (χ1n) is 14.7. The lowest BCUT2D eigenvalue weighted by atomic mass is 9.66. The Hall–Kier alpha value is -3.04. The second kappa shape index (κ2) is 11.7. The average Bonchev–Trinajstić information content (AvgIpc) is 3.50. The number of carbonyl (C=O) groups is 3. The van der Waals surface area contributed by atoms with Crippen molar-refractivity contribution >= 4 is 40.9 Å². The Morgan fingerprint density at radius 1 is 1.05 bits per heavy atom. The highest BCUT2D eigenvalue weighted by atomic mass is 32.2. The first kappa shape index (κ1) is 29.5. The van der Waals surface area contributed by atoms with Crippen LogP contribution in [0.25, 0.3) is 0 Å². The van der Waals surface area contributed by atoms with Crippen molar-refractivity contribution in [2.75, 3.05) is 30.4 Å². The van der Waals surface area contributed by atoms with E-state index in [9.17, 15) is 19.5 Å². The van der Waals surface area contributed by atoms with Crippen molar-refractivity contribution in [3.8, 4) is 5.75 Å². The summed E-state index contributed by atoms with van der Waals surface area (Å²) in [7, 11) is 0. The first-order valence-corrected chi connectivity index (χ1v) is 15.5. The number of unbranched alkanes of at least 4 members (excludes halogenated alkanes) is 2. The van der Waals surface area contributed by atoms with Crippen molar-refractivity contribution in [3.05, 3.63) is 53.6 Å². The quantitative estimate of drug-likeness (QED) is 0.326. The number of hydrogen-bond donors (Lipinski definition) is 3. The molecule has 0 radical (unpaired) electrons. The maximum atomic E-state index is 14.2. The molecule has 3 heterocycles. The number of rotatable bonds is 11. The average molecular weight is 580 g/mol. The van der Waals surface area contributed by atoms with Crippen LogP contribution in [-0.2, 0) is 14.4 Å². The van der Waals surface area contributed by atoms with Gasteiger partial charge in [0.15, 0.2) is 0 Å². The number of aryl methyl sites for hydroxylation is 2. The molecule has 0 aromatic heterocycles. The van der Waals surface area contributed by atoms with Gasteiger partial charge in [0.1, 0.15) is 11.8 Å². The lowest BCUT2D eigenvalue weighted by Gasteiger charge is -2.35. The molecule has 2 aromatic carbocycles. The standard InChI is InChI=1S/C32H41N3O5S/c1-5-40-23-13-11-22(12-14-23)33-28(37)25-26-30(39)35(17-7-6-8-18-36)27(32(26)16-15-31(25,4)41-32)29(38)34-24-19-20(2)9-10-21(24)3/h9-14,19,25-27,36H,5-8,15-18H2,1-4H3,(H,33,37)(H,34,38)/t25-,26+,27?,31+,32?/m1/s1. The zero-order chi connectivity index (χ0) is 29.4. The molecule has 2 bridgehead atoms. The Kier molecular flexibility index (Phi) is 8.39. The van der Waals surface area contributed by atoms with Gasteiger partial charge in [-0.05, 0) is 101 Å². The Balaban J connectivity index is 1.45. The van der Waals surface area contributed by atoms with E-state index in [1.54, 1.807) is 16.7 Å². The van der Waals surface area contributed by atoms with Gasteiger partial charge in [-0.25, -0.2) is 0 Å². The fraction of sp³-hybridized carbons (Fsp3) is 0.531. The van der Waals surface area contributed by atoms with Gasteiger partial charge in [-0.15, -0.1) is 11.8 Å². The van der Waals surface area contributed by atoms with Crippen molar-refractivity contribution in [2.45, 2.75) is 75.3 Å². The minimum atomic E-state index is -0.677. The summed E-state index contributed by atoms with van der Waals surface area (Å²) in [6.45, 7) is 9.02. The number of nitrogens with one attached hydrogen (secondary N) is 2. The van der Waals surface area contributed by atoms with E-state index in [2.05, 4.69) is 17.6 Å². The minimum Gasteiger partial charge on any atom is -0.494 e. The number of nitrogens with zero attached hydrogens (tertiary/aromatic N) is 1. The Morgan fingerprint density at radius 2 is 1.80 bits per heavy atom. The smallest absolute Gasteiger partial charge is 0.248 e. The number of aliphatic hydroxyl groups is 1. The number of amides is 3. The topological polar surface area (TPSA) is 108 Å². The lowest BCUT2D eigenvalue weighted by Crippen LogP contribution is -2.52. The molecule has 9 heteroatoms. The van der Waals surface area contributed by atoms with Gasteiger partial charge in [0.25, 0.3) is 0 Å². The van der Waals surface area contributed by atoms with Crippen LogP contribution < -0.4 is 15.4 Å². The monoisotopic (exact) mass is 579 g/mol. The van der Waals surface area contributed by atoms with Crippen LogP contribution in [0.1, 0.15) is 57.1 Å². The van der Waals surface area contributed by atoms with E-state index in [-0.39, 0.29) is 24.3 Å². The maximum absolute atomic E-state index is 14.2. The largest absolute Gasteiger partial charge is 0.494 e. The van der Waals surface area contributed by atoms with E-state index >= 15 is 0 Å².